The Morgan fingerprint density at radius 1 is 1.15 bits per heavy atom. The first-order valence-corrected chi connectivity index (χ1v) is 9.15. The summed E-state index contributed by atoms with van der Waals surface area (Å²) in [5.41, 5.74) is 3.45. The molecule has 1 N–H and O–H groups in total. The van der Waals surface area contributed by atoms with Crippen LogP contribution in [0.4, 0.5) is 5.69 Å². The number of hydrogen-bond acceptors (Lipinski definition) is 4. The fourth-order valence-corrected chi connectivity index (χ4v) is 2.81. The number of morpholine rings is 1. The molecule has 0 aliphatic carbocycles. The van der Waals surface area contributed by atoms with E-state index < -0.39 is 0 Å². The molecule has 3 rings (SSSR count). The fourth-order valence-electron chi connectivity index (χ4n) is 2.69. The highest BCUT2D eigenvalue weighted by molar-refractivity contribution is 7.80. The van der Waals surface area contributed by atoms with Crippen molar-refractivity contribution in [2.45, 2.75) is 6.54 Å². The number of anilines is 1. The summed E-state index contributed by atoms with van der Waals surface area (Å²) in [6.45, 7) is 4.16. The minimum atomic E-state index is 0.593. The SMILES string of the molecule is CN(/N=C\c1ccc(N2CCOCC2)cc1)C(=S)NCc1ccccc1. The van der Waals surface area contributed by atoms with Crippen molar-refractivity contribution in [3.05, 3.63) is 65.7 Å². The maximum Gasteiger partial charge on any atom is 0.189 e. The van der Waals surface area contributed by atoms with Gasteiger partial charge in [-0.05, 0) is 35.5 Å². The van der Waals surface area contributed by atoms with Crippen LogP contribution in [0.3, 0.4) is 0 Å². The van der Waals surface area contributed by atoms with Gasteiger partial charge in [0.15, 0.2) is 5.11 Å². The van der Waals surface area contributed by atoms with Crippen LogP contribution in [0.1, 0.15) is 11.1 Å². The predicted molar refractivity (Wildman–Crippen MR) is 111 cm³/mol. The molecular weight excluding hydrogens is 344 g/mol. The molecule has 5 nitrogen and oxygen atoms in total. The second-order valence-corrected chi connectivity index (χ2v) is 6.49. The lowest BCUT2D eigenvalue weighted by Crippen LogP contribution is -2.36. The van der Waals surface area contributed by atoms with Crippen LogP contribution in [-0.4, -0.2) is 49.7 Å². The highest BCUT2D eigenvalue weighted by atomic mass is 32.1. The molecule has 1 aliphatic rings. The van der Waals surface area contributed by atoms with E-state index in [1.807, 2.05) is 31.5 Å². The van der Waals surface area contributed by atoms with E-state index in [1.165, 1.54) is 11.3 Å². The lowest BCUT2D eigenvalue weighted by Gasteiger charge is -2.28. The Bertz CT molecular complexity index is 727. The molecule has 0 saturated carbocycles. The van der Waals surface area contributed by atoms with Crippen LogP contribution < -0.4 is 10.2 Å². The van der Waals surface area contributed by atoms with Crippen LogP contribution in [0, 0.1) is 0 Å². The van der Waals surface area contributed by atoms with E-state index in [0.717, 1.165) is 31.9 Å². The van der Waals surface area contributed by atoms with E-state index in [0.29, 0.717) is 11.7 Å². The standard InChI is InChI=1S/C20H24N4OS/c1-23(20(26)21-15-17-5-3-2-4-6-17)22-16-18-7-9-19(10-8-18)24-11-13-25-14-12-24/h2-10,16H,11-15H2,1H3,(H,21,26)/b22-16-. The molecule has 1 saturated heterocycles. The van der Waals surface area contributed by atoms with E-state index in [-0.39, 0.29) is 0 Å². The van der Waals surface area contributed by atoms with Gasteiger partial charge in [-0.1, -0.05) is 42.5 Å². The molecule has 1 fully saturated rings. The number of hydrazone groups is 1. The molecule has 2 aromatic rings. The van der Waals surface area contributed by atoms with Crippen molar-refractivity contribution in [2.75, 3.05) is 38.3 Å². The molecule has 6 heteroatoms. The van der Waals surface area contributed by atoms with Crippen LogP contribution in [0.2, 0.25) is 0 Å². The molecule has 0 amide bonds. The molecule has 2 aromatic carbocycles. The van der Waals surface area contributed by atoms with Crippen LogP contribution in [0.5, 0.6) is 0 Å². The maximum atomic E-state index is 5.39. The molecule has 0 aromatic heterocycles. The van der Waals surface area contributed by atoms with E-state index in [2.05, 4.69) is 51.7 Å². The Kier molecular flexibility index (Phi) is 6.57. The molecule has 0 unspecified atom stereocenters. The summed E-state index contributed by atoms with van der Waals surface area (Å²) in [5, 5.41) is 9.90. The van der Waals surface area contributed by atoms with Gasteiger partial charge < -0.3 is 15.0 Å². The molecule has 1 aliphatic heterocycles. The van der Waals surface area contributed by atoms with Gasteiger partial charge in [-0.2, -0.15) is 5.10 Å². The number of rotatable bonds is 5. The van der Waals surface area contributed by atoms with Gasteiger partial charge in [-0.3, -0.25) is 0 Å². The molecular formula is C20H24N4OS. The van der Waals surface area contributed by atoms with Crippen molar-refractivity contribution in [3.8, 4) is 0 Å². The van der Waals surface area contributed by atoms with Gasteiger partial charge in [-0.15, -0.1) is 0 Å². The Hall–Kier alpha value is -2.44. The van der Waals surface area contributed by atoms with Crippen molar-refractivity contribution < 1.29 is 4.74 Å². The van der Waals surface area contributed by atoms with Gasteiger partial charge in [0.1, 0.15) is 0 Å². The Morgan fingerprint density at radius 2 is 1.85 bits per heavy atom. The monoisotopic (exact) mass is 368 g/mol. The lowest BCUT2D eigenvalue weighted by atomic mass is 10.2. The third-order valence-corrected chi connectivity index (χ3v) is 4.64. The minimum Gasteiger partial charge on any atom is -0.378 e. The molecule has 26 heavy (non-hydrogen) atoms. The highest BCUT2D eigenvalue weighted by Gasteiger charge is 2.10. The maximum absolute atomic E-state index is 5.39. The quantitative estimate of drug-likeness (QED) is 0.499. The average molecular weight is 369 g/mol. The molecule has 0 bridgehead atoms. The van der Waals surface area contributed by atoms with E-state index in [1.54, 1.807) is 5.01 Å². The summed E-state index contributed by atoms with van der Waals surface area (Å²) < 4.78 is 5.39. The number of thiocarbonyl (C=S) groups is 1. The second-order valence-electron chi connectivity index (χ2n) is 6.10. The molecule has 0 spiro atoms. The van der Waals surface area contributed by atoms with Crippen LogP contribution in [0.15, 0.2) is 59.7 Å². The lowest BCUT2D eigenvalue weighted by molar-refractivity contribution is 0.122. The molecule has 1 heterocycles. The molecule has 136 valence electrons. The van der Waals surface area contributed by atoms with Gasteiger partial charge in [0, 0.05) is 32.4 Å². The Balaban J connectivity index is 1.50. The first-order valence-electron chi connectivity index (χ1n) is 8.74. The summed E-state index contributed by atoms with van der Waals surface area (Å²) in [4.78, 5) is 2.33. The highest BCUT2D eigenvalue weighted by Crippen LogP contribution is 2.16. The van der Waals surface area contributed by atoms with Crippen molar-refractivity contribution >= 4 is 29.2 Å². The first-order chi connectivity index (χ1) is 12.7. The zero-order valence-electron chi connectivity index (χ0n) is 15.0. The number of hydrogen-bond donors (Lipinski definition) is 1. The van der Waals surface area contributed by atoms with Crippen LogP contribution in [-0.2, 0) is 11.3 Å². The number of ether oxygens (including phenoxy) is 1. The zero-order chi connectivity index (χ0) is 18.2. The summed E-state index contributed by atoms with van der Waals surface area (Å²) in [6, 6.07) is 18.6. The van der Waals surface area contributed by atoms with Crippen molar-refractivity contribution in [1.29, 1.82) is 0 Å². The summed E-state index contributed by atoms with van der Waals surface area (Å²) >= 11 is 5.38. The zero-order valence-corrected chi connectivity index (χ0v) is 15.8. The first kappa shape index (κ1) is 18.4. The van der Waals surface area contributed by atoms with E-state index in [9.17, 15) is 0 Å². The van der Waals surface area contributed by atoms with Gasteiger partial charge in [-0.25, -0.2) is 5.01 Å². The van der Waals surface area contributed by atoms with E-state index >= 15 is 0 Å². The van der Waals surface area contributed by atoms with Gasteiger partial charge in [0.2, 0.25) is 0 Å². The van der Waals surface area contributed by atoms with E-state index in [4.69, 9.17) is 17.0 Å². The fraction of sp³-hybridized carbons (Fsp3) is 0.300. The smallest absolute Gasteiger partial charge is 0.189 e. The third kappa shape index (κ3) is 5.28. The normalized spacial score (nSPS) is 14.4. The van der Waals surface area contributed by atoms with Gasteiger partial charge in [0.25, 0.3) is 0 Å². The van der Waals surface area contributed by atoms with Gasteiger partial charge >= 0.3 is 0 Å². The van der Waals surface area contributed by atoms with Crippen molar-refractivity contribution in [3.63, 3.8) is 0 Å². The number of nitrogens with one attached hydrogen (secondary N) is 1. The Labute approximate surface area is 160 Å². The van der Waals surface area contributed by atoms with Crippen molar-refractivity contribution in [2.24, 2.45) is 5.10 Å². The van der Waals surface area contributed by atoms with Crippen LogP contribution >= 0.6 is 12.2 Å². The van der Waals surface area contributed by atoms with Crippen molar-refractivity contribution in [1.82, 2.24) is 10.3 Å². The molecule has 0 atom stereocenters. The predicted octanol–water partition coefficient (Wildman–Crippen LogP) is 2.86. The summed E-state index contributed by atoms with van der Waals surface area (Å²) in [6.07, 6.45) is 1.82. The Morgan fingerprint density at radius 3 is 2.54 bits per heavy atom. The number of benzene rings is 2. The largest absolute Gasteiger partial charge is 0.378 e. The average Bonchev–Trinajstić information content (AvgIpc) is 2.72. The second kappa shape index (κ2) is 9.31. The van der Waals surface area contributed by atoms with Gasteiger partial charge in [0.05, 0.1) is 19.4 Å². The minimum absolute atomic E-state index is 0.593. The molecule has 0 radical (unpaired) electrons. The summed E-state index contributed by atoms with van der Waals surface area (Å²) in [5.74, 6) is 0. The summed E-state index contributed by atoms with van der Waals surface area (Å²) in [7, 11) is 1.85. The van der Waals surface area contributed by atoms with Crippen LogP contribution in [0.25, 0.3) is 0 Å². The topological polar surface area (TPSA) is 40.1 Å². The number of nitrogens with zero attached hydrogens (tertiary/aromatic N) is 3. The third-order valence-electron chi connectivity index (χ3n) is 4.23.